The molecule has 7 nitrogen and oxygen atoms in total. The van der Waals surface area contributed by atoms with E-state index in [-0.39, 0.29) is 0 Å². The fraction of sp³-hybridized carbons (Fsp3) is 0.462. The van der Waals surface area contributed by atoms with Crippen LogP contribution in [0.15, 0.2) is 4.79 Å². The number of hydrogen-bond donors (Lipinski definition) is 1. The van der Waals surface area contributed by atoms with Gasteiger partial charge in [-0.15, -0.1) is 10.2 Å². The molecule has 2 rings (SSSR count). The second kappa shape index (κ2) is 5.72. The van der Waals surface area contributed by atoms with Crippen LogP contribution < -0.4 is 5.69 Å². The normalized spacial score (nSPS) is 12.4. The first kappa shape index (κ1) is 15.3. The maximum atomic E-state index is 12.1. The molecule has 2 aromatic heterocycles. The van der Waals surface area contributed by atoms with Gasteiger partial charge in [0.15, 0.2) is 0 Å². The lowest BCUT2D eigenvalue weighted by atomic mass is 9.98. The number of rotatable bonds is 4. The highest BCUT2D eigenvalue weighted by atomic mass is 32.1. The summed E-state index contributed by atoms with van der Waals surface area (Å²) in [4.78, 5) is 27.3. The van der Waals surface area contributed by atoms with Crippen LogP contribution in [0.1, 0.15) is 41.7 Å². The highest BCUT2D eigenvalue weighted by Gasteiger charge is 2.23. The van der Waals surface area contributed by atoms with Crippen LogP contribution in [-0.4, -0.2) is 30.8 Å². The largest absolute Gasteiger partial charge is 0.481 e. The lowest BCUT2D eigenvalue weighted by Crippen LogP contribution is -2.28. The topological polar surface area (TPSA) is 98.0 Å². The molecule has 0 fully saturated rings. The molecule has 1 atom stereocenters. The highest BCUT2D eigenvalue weighted by molar-refractivity contribution is 7.13. The predicted octanol–water partition coefficient (Wildman–Crippen LogP) is 1.45. The van der Waals surface area contributed by atoms with Crippen LogP contribution in [-0.2, 0) is 11.2 Å². The SMILES string of the molecule is CCc1nnc(-n2c(C)c(C(C)C(=O)O)c(C)nc2=O)s1. The van der Waals surface area contributed by atoms with Crippen LogP contribution in [0.2, 0.25) is 0 Å². The minimum atomic E-state index is -0.959. The van der Waals surface area contributed by atoms with E-state index >= 15 is 0 Å². The summed E-state index contributed by atoms with van der Waals surface area (Å²) in [6, 6.07) is 0. The van der Waals surface area contributed by atoms with E-state index in [0.29, 0.717) is 22.1 Å². The maximum Gasteiger partial charge on any atom is 0.354 e. The second-order valence-corrected chi connectivity index (χ2v) is 5.75. The number of nitrogens with zero attached hydrogens (tertiary/aromatic N) is 4. The molecule has 8 heteroatoms. The van der Waals surface area contributed by atoms with Crippen LogP contribution in [0.4, 0.5) is 0 Å². The van der Waals surface area contributed by atoms with Crippen molar-refractivity contribution >= 4 is 17.3 Å². The molecule has 0 spiro atoms. The molecule has 0 aliphatic rings. The van der Waals surface area contributed by atoms with Gasteiger partial charge in [0.1, 0.15) is 5.01 Å². The fourth-order valence-corrected chi connectivity index (χ4v) is 3.06. The molecule has 21 heavy (non-hydrogen) atoms. The molecule has 112 valence electrons. The molecule has 0 bridgehead atoms. The third-order valence-corrected chi connectivity index (χ3v) is 4.38. The van der Waals surface area contributed by atoms with Crippen molar-refractivity contribution in [3.8, 4) is 5.13 Å². The molecule has 1 N–H and O–H groups in total. The van der Waals surface area contributed by atoms with Gasteiger partial charge >= 0.3 is 11.7 Å². The average Bonchev–Trinajstić information content (AvgIpc) is 2.86. The Morgan fingerprint density at radius 1 is 1.38 bits per heavy atom. The van der Waals surface area contributed by atoms with E-state index in [9.17, 15) is 14.7 Å². The van der Waals surface area contributed by atoms with Crippen molar-refractivity contribution in [3.63, 3.8) is 0 Å². The monoisotopic (exact) mass is 308 g/mol. The quantitative estimate of drug-likeness (QED) is 0.918. The Morgan fingerprint density at radius 2 is 2.05 bits per heavy atom. The number of carboxylic acids is 1. The van der Waals surface area contributed by atoms with Crippen LogP contribution in [0.25, 0.3) is 5.13 Å². The molecule has 0 saturated carbocycles. The first-order valence-electron chi connectivity index (χ1n) is 6.52. The minimum Gasteiger partial charge on any atom is -0.481 e. The Labute approximate surface area is 125 Å². The van der Waals surface area contributed by atoms with E-state index in [2.05, 4.69) is 15.2 Å². The zero-order chi connectivity index (χ0) is 15.7. The van der Waals surface area contributed by atoms with Crippen molar-refractivity contribution in [3.05, 3.63) is 32.4 Å². The van der Waals surface area contributed by atoms with Gasteiger partial charge in [-0.25, -0.2) is 9.36 Å². The third-order valence-electron chi connectivity index (χ3n) is 3.32. The summed E-state index contributed by atoms with van der Waals surface area (Å²) in [5.74, 6) is -1.71. The molecule has 2 heterocycles. The van der Waals surface area contributed by atoms with Crippen LogP contribution in [0, 0.1) is 13.8 Å². The van der Waals surface area contributed by atoms with Crippen molar-refractivity contribution in [1.29, 1.82) is 0 Å². The molecular formula is C13H16N4O3S. The van der Waals surface area contributed by atoms with E-state index in [0.717, 1.165) is 11.4 Å². The van der Waals surface area contributed by atoms with Gasteiger partial charge in [0.25, 0.3) is 0 Å². The van der Waals surface area contributed by atoms with E-state index < -0.39 is 17.6 Å². The van der Waals surface area contributed by atoms with Crippen molar-refractivity contribution in [2.75, 3.05) is 0 Å². The highest BCUT2D eigenvalue weighted by Crippen LogP contribution is 2.24. The molecule has 0 aliphatic heterocycles. The van der Waals surface area contributed by atoms with Crippen LogP contribution in [0.5, 0.6) is 0 Å². The number of hydrogen-bond acceptors (Lipinski definition) is 6. The number of carbonyl (C=O) groups is 1. The molecular weight excluding hydrogens is 292 g/mol. The summed E-state index contributed by atoms with van der Waals surface area (Å²) in [6.45, 7) is 6.87. The molecule has 0 saturated heterocycles. The van der Waals surface area contributed by atoms with Crippen molar-refractivity contribution in [2.24, 2.45) is 0 Å². The number of aliphatic carboxylic acids is 1. The maximum absolute atomic E-state index is 12.1. The van der Waals surface area contributed by atoms with Crippen LogP contribution in [0.3, 0.4) is 0 Å². The lowest BCUT2D eigenvalue weighted by Gasteiger charge is -2.16. The van der Waals surface area contributed by atoms with Gasteiger partial charge in [0, 0.05) is 17.0 Å². The van der Waals surface area contributed by atoms with Gasteiger partial charge in [-0.05, 0) is 27.2 Å². The van der Waals surface area contributed by atoms with Crippen molar-refractivity contribution in [2.45, 2.75) is 40.0 Å². The summed E-state index contributed by atoms with van der Waals surface area (Å²) >= 11 is 1.30. The van der Waals surface area contributed by atoms with Crippen molar-refractivity contribution < 1.29 is 9.90 Å². The summed E-state index contributed by atoms with van der Waals surface area (Å²) in [5.41, 5.74) is 1.05. The molecule has 2 aromatic rings. The first-order valence-corrected chi connectivity index (χ1v) is 7.34. The zero-order valence-corrected chi connectivity index (χ0v) is 13.1. The number of carboxylic acid groups (broad SMARTS) is 1. The number of aryl methyl sites for hydroxylation is 2. The van der Waals surface area contributed by atoms with E-state index in [4.69, 9.17) is 0 Å². The third kappa shape index (κ3) is 2.71. The van der Waals surface area contributed by atoms with Gasteiger partial charge < -0.3 is 5.11 Å². The van der Waals surface area contributed by atoms with E-state index in [1.807, 2.05) is 6.92 Å². The molecule has 0 aromatic carbocycles. The number of aromatic nitrogens is 4. The molecule has 1 unspecified atom stereocenters. The predicted molar refractivity (Wildman–Crippen MR) is 78.2 cm³/mol. The molecule has 0 amide bonds. The smallest absolute Gasteiger partial charge is 0.354 e. The average molecular weight is 308 g/mol. The van der Waals surface area contributed by atoms with E-state index in [1.54, 1.807) is 20.8 Å². The summed E-state index contributed by atoms with van der Waals surface area (Å²) in [5, 5.41) is 18.4. The second-order valence-electron chi connectivity index (χ2n) is 4.71. The fourth-order valence-electron chi connectivity index (χ4n) is 2.23. The Bertz CT molecular complexity index is 750. The van der Waals surface area contributed by atoms with E-state index in [1.165, 1.54) is 15.9 Å². The Balaban J connectivity index is 2.69. The summed E-state index contributed by atoms with van der Waals surface area (Å²) in [6.07, 6.45) is 0.725. The van der Waals surface area contributed by atoms with Gasteiger partial charge in [0.2, 0.25) is 5.13 Å². The minimum absolute atomic E-state index is 0.417. The molecule has 0 aliphatic carbocycles. The standard InChI is InChI=1S/C13H16N4O3S/c1-5-9-15-16-13(21-9)17-8(4)10(6(2)11(18)19)7(3)14-12(17)20/h6H,5H2,1-4H3,(H,18,19). The molecule has 0 radical (unpaired) electrons. The lowest BCUT2D eigenvalue weighted by molar-refractivity contribution is -0.138. The van der Waals surface area contributed by atoms with Gasteiger partial charge in [0.05, 0.1) is 5.92 Å². The Hall–Kier alpha value is -2.09. The Kier molecular flexibility index (Phi) is 4.17. The Morgan fingerprint density at radius 3 is 2.57 bits per heavy atom. The van der Waals surface area contributed by atoms with Gasteiger partial charge in [-0.3, -0.25) is 4.79 Å². The van der Waals surface area contributed by atoms with Gasteiger partial charge in [-0.1, -0.05) is 18.3 Å². The van der Waals surface area contributed by atoms with Gasteiger partial charge in [-0.2, -0.15) is 4.98 Å². The van der Waals surface area contributed by atoms with Crippen LogP contribution >= 0.6 is 11.3 Å². The summed E-state index contributed by atoms with van der Waals surface area (Å²) in [7, 11) is 0. The zero-order valence-electron chi connectivity index (χ0n) is 12.2. The first-order chi connectivity index (χ1) is 9.86. The van der Waals surface area contributed by atoms with Crippen molar-refractivity contribution in [1.82, 2.24) is 19.7 Å². The summed E-state index contributed by atoms with van der Waals surface area (Å²) < 4.78 is 1.33.